The lowest BCUT2D eigenvalue weighted by Crippen LogP contribution is -2.36. The maximum absolute atomic E-state index is 14.8. The van der Waals surface area contributed by atoms with Crippen molar-refractivity contribution in [2.45, 2.75) is 25.9 Å². The Balaban J connectivity index is 1.65. The fourth-order valence-corrected chi connectivity index (χ4v) is 3.82. The van der Waals surface area contributed by atoms with Gasteiger partial charge in [-0.1, -0.05) is 25.1 Å². The lowest BCUT2D eigenvalue weighted by Gasteiger charge is -2.34. The van der Waals surface area contributed by atoms with Gasteiger partial charge in [0.25, 0.3) is 5.24 Å². The molecule has 154 valence electrons. The van der Waals surface area contributed by atoms with Gasteiger partial charge >= 0.3 is 6.09 Å². The number of nitrogens with one attached hydrogen (secondary N) is 1. The van der Waals surface area contributed by atoms with Gasteiger partial charge in [-0.2, -0.15) is 5.26 Å². The second kappa shape index (κ2) is 9.18. The topological polar surface area (TPSA) is 85.7 Å². The minimum Gasteiger partial charge on any atom is -0.444 e. The number of cyclic esters (lactones) is 1. The third-order valence-corrected chi connectivity index (χ3v) is 5.41. The van der Waals surface area contributed by atoms with Gasteiger partial charge in [-0.25, -0.2) is 9.18 Å². The summed E-state index contributed by atoms with van der Waals surface area (Å²) in [7, 11) is 0. The lowest BCUT2D eigenvalue weighted by molar-refractivity contribution is 0.137. The van der Waals surface area contributed by atoms with E-state index >= 15 is 0 Å². The zero-order valence-electron chi connectivity index (χ0n) is 16.1. The number of nitriles is 1. The number of rotatable bonds is 5. The number of thiol groups is 1. The predicted octanol–water partition coefficient (Wildman–Crippen LogP) is 3.48. The molecule has 2 saturated heterocycles. The molecule has 3 rings (SSSR count). The fraction of sp³-hybridized carbons (Fsp3) is 0.450. The Morgan fingerprint density at radius 3 is 2.93 bits per heavy atom. The van der Waals surface area contributed by atoms with Crippen LogP contribution in [0.25, 0.3) is 0 Å². The number of hydrogen-bond donors (Lipinski definition) is 2. The van der Waals surface area contributed by atoms with Crippen LogP contribution in [0.4, 0.5) is 25.4 Å². The molecule has 2 aliphatic heterocycles. The van der Waals surface area contributed by atoms with Gasteiger partial charge in [0.05, 0.1) is 24.0 Å². The Labute approximate surface area is 174 Å². The van der Waals surface area contributed by atoms with Crippen LogP contribution in [0.3, 0.4) is 0 Å². The summed E-state index contributed by atoms with van der Waals surface area (Å²) in [5.74, 6) is -0.226. The number of benzene rings is 1. The van der Waals surface area contributed by atoms with Crippen LogP contribution in [0.5, 0.6) is 0 Å². The van der Waals surface area contributed by atoms with Crippen LogP contribution in [0.1, 0.15) is 19.8 Å². The molecule has 1 N–H and O–H groups in total. The first-order chi connectivity index (χ1) is 13.9. The number of anilines is 2. The SMILES string of the molecule is CC1CN(c2ccc(N3CC(CCNC(=O)S)OC3=O)cc2F)CC/C1=C/C#N. The fourth-order valence-electron chi connectivity index (χ4n) is 3.71. The van der Waals surface area contributed by atoms with Crippen molar-refractivity contribution >= 4 is 35.3 Å². The Hall–Kier alpha value is -2.73. The molecule has 9 heteroatoms. The summed E-state index contributed by atoms with van der Waals surface area (Å²) < 4.78 is 20.1. The minimum absolute atomic E-state index is 0.175. The Bertz CT molecular complexity index is 870. The molecule has 0 bridgehead atoms. The molecule has 2 amide bonds. The molecule has 2 aliphatic rings. The van der Waals surface area contributed by atoms with Gasteiger partial charge in [-0.05, 0) is 30.5 Å². The molecule has 0 saturated carbocycles. The van der Waals surface area contributed by atoms with Crippen LogP contribution in [-0.2, 0) is 4.74 Å². The number of nitrogens with zero attached hydrogens (tertiary/aromatic N) is 3. The number of carbonyl (C=O) groups excluding carboxylic acids is 2. The van der Waals surface area contributed by atoms with Crippen molar-refractivity contribution in [1.82, 2.24) is 5.32 Å². The van der Waals surface area contributed by atoms with Crippen molar-refractivity contribution in [3.05, 3.63) is 35.7 Å². The van der Waals surface area contributed by atoms with Crippen LogP contribution in [0, 0.1) is 23.1 Å². The standard InChI is InChI=1S/C20H23FN4O3S/c1-13-11-24(9-6-14(13)4-7-22)18-3-2-15(10-17(18)21)25-12-16(28-20(25)27)5-8-23-19(26)29/h2-4,10,13,16H,5-6,8-9,11-12H2,1H3,(H2,23,26,29)/b14-4-. The highest BCUT2D eigenvalue weighted by molar-refractivity contribution is 7.96. The van der Waals surface area contributed by atoms with E-state index in [4.69, 9.17) is 10.00 Å². The van der Waals surface area contributed by atoms with Crippen LogP contribution < -0.4 is 15.1 Å². The van der Waals surface area contributed by atoms with E-state index in [1.54, 1.807) is 18.2 Å². The third-order valence-electron chi connectivity index (χ3n) is 5.25. The largest absolute Gasteiger partial charge is 0.444 e. The smallest absolute Gasteiger partial charge is 0.414 e. The van der Waals surface area contributed by atoms with Crippen molar-refractivity contribution in [2.24, 2.45) is 5.92 Å². The average Bonchev–Trinajstić information content (AvgIpc) is 3.04. The van der Waals surface area contributed by atoms with Crippen molar-refractivity contribution in [1.29, 1.82) is 5.26 Å². The van der Waals surface area contributed by atoms with E-state index < -0.39 is 17.1 Å². The molecular formula is C20H23FN4O3S. The van der Waals surface area contributed by atoms with Gasteiger partial charge in [0.2, 0.25) is 0 Å². The van der Waals surface area contributed by atoms with E-state index in [0.717, 1.165) is 12.0 Å². The highest BCUT2D eigenvalue weighted by Gasteiger charge is 2.33. The quantitative estimate of drug-likeness (QED) is 0.565. The van der Waals surface area contributed by atoms with Crippen LogP contribution in [0.2, 0.25) is 0 Å². The molecule has 0 radical (unpaired) electrons. The Kier molecular flexibility index (Phi) is 6.64. The third kappa shape index (κ3) is 5.01. The maximum atomic E-state index is 14.8. The van der Waals surface area contributed by atoms with Crippen molar-refractivity contribution in [2.75, 3.05) is 36.0 Å². The van der Waals surface area contributed by atoms with E-state index in [-0.39, 0.29) is 12.0 Å². The van der Waals surface area contributed by atoms with E-state index in [1.165, 1.54) is 11.0 Å². The molecule has 1 aromatic carbocycles. The van der Waals surface area contributed by atoms with Gasteiger partial charge in [-0.3, -0.25) is 9.69 Å². The van der Waals surface area contributed by atoms with Crippen molar-refractivity contribution in [3.63, 3.8) is 0 Å². The van der Waals surface area contributed by atoms with Gasteiger partial charge in [-0.15, -0.1) is 0 Å². The summed E-state index contributed by atoms with van der Waals surface area (Å²) in [6, 6.07) is 6.81. The van der Waals surface area contributed by atoms with Gasteiger partial charge < -0.3 is 15.0 Å². The summed E-state index contributed by atoms with van der Waals surface area (Å²) in [6.45, 7) is 3.94. The highest BCUT2D eigenvalue weighted by Crippen LogP contribution is 2.32. The first-order valence-electron chi connectivity index (χ1n) is 9.47. The number of allylic oxidation sites excluding steroid dienone is 1. The molecular weight excluding hydrogens is 395 g/mol. The van der Waals surface area contributed by atoms with Crippen molar-refractivity contribution < 1.29 is 18.7 Å². The van der Waals surface area contributed by atoms with Gasteiger partial charge in [0.1, 0.15) is 11.9 Å². The Morgan fingerprint density at radius 1 is 1.48 bits per heavy atom. The van der Waals surface area contributed by atoms with Crippen LogP contribution >= 0.6 is 12.6 Å². The number of halogens is 1. The molecule has 0 spiro atoms. The second-order valence-corrected chi connectivity index (χ2v) is 7.62. The first kappa shape index (κ1) is 21.0. The highest BCUT2D eigenvalue weighted by atomic mass is 32.1. The number of ether oxygens (including phenoxy) is 1. The average molecular weight is 418 g/mol. The summed E-state index contributed by atoms with van der Waals surface area (Å²) in [5, 5.41) is 10.9. The van der Waals surface area contributed by atoms with E-state index in [0.29, 0.717) is 44.0 Å². The molecule has 7 nitrogen and oxygen atoms in total. The predicted molar refractivity (Wildman–Crippen MR) is 111 cm³/mol. The second-order valence-electron chi connectivity index (χ2n) is 7.22. The summed E-state index contributed by atoms with van der Waals surface area (Å²) in [6.07, 6.45) is 1.85. The van der Waals surface area contributed by atoms with Gasteiger partial charge in [0, 0.05) is 32.1 Å². The summed E-state index contributed by atoms with van der Waals surface area (Å²) in [4.78, 5) is 26.3. The molecule has 2 heterocycles. The summed E-state index contributed by atoms with van der Waals surface area (Å²) >= 11 is 3.62. The first-order valence-corrected chi connectivity index (χ1v) is 9.91. The number of carbonyl (C=O) groups is 2. The maximum Gasteiger partial charge on any atom is 0.414 e. The molecule has 29 heavy (non-hydrogen) atoms. The normalized spacial score (nSPS) is 23.1. The van der Waals surface area contributed by atoms with E-state index in [1.807, 2.05) is 11.8 Å². The Morgan fingerprint density at radius 2 is 2.28 bits per heavy atom. The molecule has 2 fully saturated rings. The molecule has 0 aliphatic carbocycles. The number of hydrogen-bond acceptors (Lipinski definition) is 5. The number of piperidine rings is 1. The lowest BCUT2D eigenvalue weighted by atomic mass is 9.92. The molecule has 0 aromatic heterocycles. The van der Waals surface area contributed by atoms with E-state index in [9.17, 15) is 14.0 Å². The van der Waals surface area contributed by atoms with Crippen molar-refractivity contribution in [3.8, 4) is 6.07 Å². The number of amides is 2. The molecule has 2 unspecified atom stereocenters. The zero-order chi connectivity index (χ0) is 21.0. The monoisotopic (exact) mass is 418 g/mol. The molecule has 1 aromatic rings. The van der Waals surface area contributed by atoms with Crippen LogP contribution in [0.15, 0.2) is 29.8 Å². The van der Waals surface area contributed by atoms with E-state index in [2.05, 4.69) is 24.0 Å². The van der Waals surface area contributed by atoms with Gasteiger partial charge in [0.15, 0.2) is 0 Å². The molecule has 2 atom stereocenters. The minimum atomic E-state index is -0.530. The van der Waals surface area contributed by atoms with Crippen LogP contribution in [-0.4, -0.2) is 43.6 Å². The summed E-state index contributed by atoms with van der Waals surface area (Å²) in [5.41, 5.74) is 2.00. The zero-order valence-corrected chi connectivity index (χ0v) is 17.0.